The van der Waals surface area contributed by atoms with E-state index >= 15 is 0 Å². The lowest BCUT2D eigenvalue weighted by atomic mass is 10.1. The maximum atomic E-state index is 12.8. The number of sulfonamides is 1. The van der Waals surface area contributed by atoms with Crippen LogP contribution in [0.4, 0.5) is 5.69 Å². The van der Waals surface area contributed by atoms with E-state index in [4.69, 9.17) is 11.6 Å². The molecule has 1 amide bonds. The molecular weight excluding hydrogens is 396 g/mol. The molecule has 3 aromatic rings. The van der Waals surface area contributed by atoms with Crippen LogP contribution in [-0.4, -0.2) is 19.9 Å². The Balaban J connectivity index is 1.95. The van der Waals surface area contributed by atoms with Crippen LogP contribution in [0.2, 0.25) is 5.02 Å². The Kier molecular flexibility index (Phi) is 5.48. The van der Waals surface area contributed by atoms with E-state index in [-0.39, 0.29) is 15.5 Å². The van der Waals surface area contributed by atoms with Crippen molar-refractivity contribution in [3.8, 4) is 0 Å². The molecule has 0 unspecified atom stereocenters. The molecule has 0 aliphatic heterocycles. The maximum Gasteiger partial charge on any atom is 0.255 e. The Morgan fingerprint density at radius 2 is 1.64 bits per heavy atom. The summed E-state index contributed by atoms with van der Waals surface area (Å²) in [7, 11) is -3.87. The zero-order chi connectivity index (χ0) is 20.5. The van der Waals surface area contributed by atoms with Gasteiger partial charge < -0.3 is 5.32 Å². The Hall–Kier alpha value is -2.41. The SMILES string of the molecule is CC(C)(C)NS(=O)(=O)c1cc(C(=O)Nc2cccc3ccccc23)ccc1Cl. The van der Waals surface area contributed by atoms with Gasteiger partial charge in [0, 0.05) is 22.2 Å². The quantitative estimate of drug-likeness (QED) is 0.640. The highest BCUT2D eigenvalue weighted by Crippen LogP contribution is 2.26. The number of benzene rings is 3. The Morgan fingerprint density at radius 1 is 0.964 bits per heavy atom. The Morgan fingerprint density at radius 3 is 2.36 bits per heavy atom. The summed E-state index contributed by atoms with van der Waals surface area (Å²) in [6.07, 6.45) is 0. The van der Waals surface area contributed by atoms with Gasteiger partial charge in [-0.15, -0.1) is 0 Å². The first-order valence-corrected chi connectivity index (χ1v) is 10.6. The summed E-state index contributed by atoms with van der Waals surface area (Å²) in [5.41, 5.74) is 0.172. The normalized spacial score (nSPS) is 12.1. The molecule has 0 saturated carbocycles. The average Bonchev–Trinajstić information content (AvgIpc) is 2.60. The molecule has 28 heavy (non-hydrogen) atoms. The van der Waals surface area contributed by atoms with Crippen LogP contribution >= 0.6 is 11.6 Å². The number of hydrogen-bond donors (Lipinski definition) is 2. The molecule has 0 aliphatic carbocycles. The average molecular weight is 417 g/mol. The zero-order valence-corrected chi connectivity index (χ0v) is 17.4. The first-order valence-electron chi connectivity index (χ1n) is 8.69. The number of hydrogen-bond acceptors (Lipinski definition) is 3. The van der Waals surface area contributed by atoms with Gasteiger partial charge in [-0.1, -0.05) is 48.0 Å². The predicted molar refractivity (Wildman–Crippen MR) is 113 cm³/mol. The third kappa shape index (κ3) is 4.52. The van der Waals surface area contributed by atoms with E-state index in [9.17, 15) is 13.2 Å². The summed E-state index contributed by atoms with van der Waals surface area (Å²) in [5, 5.41) is 4.80. The second kappa shape index (κ2) is 7.54. The van der Waals surface area contributed by atoms with Crippen molar-refractivity contribution >= 4 is 44.0 Å². The van der Waals surface area contributed by atoms with E-state index in [1.54, 1.807) is 26.8 Å². The van der Waals surface area contributed by atoms with Gasteiger partial charge in [-0.3, -0.25) is 4.79 Å². The molecule has 0 saturated heterocycles. The molecule has 2 N–H and O–H groups in total. The molecule has 146 valence electrons. The van der Waals surface area contributed by atoms with Gasteiger partial charge in [0.25, 0.3) is 5.91 Å². The van der Waals surface area contributed by atoms with Gasteiger partial charge in [0.1, 0.15) is 4.90 Å². The van der Waals surface area contributed by atoms with Gasteiger partial charge >= 0.3 is 0 Å². The van der Waals surface area contributed by atoms with Crippen molar-refractivity contribution in [2.24, 2.45) is 0 Å². The number of rotatable bonds is 4. The molecule has 0 bridgehead atoms. The van der Waals surface area contributed by atoms with E-state index in [0.29, 0.717) is 5.69 Å². The third-order valence-corrected chi connectivity index (χ3v) is 6.20. The fourth-order valence-corrected chi connectivity index (χ4v) is 4.78. The number of fused-ring (bicyclic) bond motifs is 1. The summed E-state index contributed by atoms with van der Waals surface area (Å²) >= 11 is 6.10. The van der Waals surface area contributed by atoms with Crippen molar-refractivity contribution in [3.63, 3.8) is 0 Å². The second-order valence-electron chi connectivity index (χ2n) is 7.48. The van der Waals surface area contributed by atoms with Crippen molar-refractivity contribution < 1.29 is 13.2 Å². The molecule has 0 spiro atoms. The zero-order valence-electron chi connectivity index (χ0n) is 15.8. The van der Waals surface area contributed by atoms with Crippen LogP contribution in [0, 0.1) is 0 Å². The minimum Gasteiger partial charge on any atom is -0.321 e. The summed E-state index contributed by atoms with van der Waals surface area (Å²) in [6.45, 7) is 5.20. The van der Waals surface area contributed by atoms with Crippen molar-refractivity contribution in [2.75, 3.05) is 5.32 Å². The molecule has 0 aromatic heterocycles. The first-order chi connectivity index (χ1) is 13.1. The minimum absolute atomic E-state index is 0.0541. The topological polar surface area (TPSA) is 75.3 Å². The van der Waals surface area contributed by atoms with Crippen LogP contribution < -0.4 is 10.0 Å². The van der Waals surface area contributed by atoms with Gasteiger partial charge in [0.2, 0.25) is 10.0 Å². The Bertz CT molecular complexity index is 1150. The fourth-order valence-electron chi connectivity index (χ4n) is 2.84. The van der Waals surface area contributed by atoms with E-state index < -0.39 is 21.5 Å². The summed E-state index contributed by atoms with van der Waals surface area (Å²) < 4.78 is 27.8. The number of amides is 1. The minimum atomic E-state index is -3.87. The van der Waals surface area contributed by atoms with Gasteiger partial charge in [-0.2, -0.15) is 0 Å². The van der Waals surface area contributed by atoms with Gasteiger partial charge in [0.05, 0.1) is 5.02 Å². The fraction of sp³-hybridized carbons (Fsp3) is 0.190. The molecule has 0 atom stereocenters. The molecule has 5 nitrogen and oxygen atoms in total. The van der Waals surface area contributed by atoms with E-state index in [0.717, 1.165) is 10.8 Å². The van der Waals surface area contributed by atoms with Crippen LogP contribution in [0.25, 0.3) is 10.8 Å². The van der Waals surface area contributed by atoms with E-state index in [2.05, 4.69) is 10.0 Å². The number of carbonyl (C=O) groups excluding carboxylic acids is 1. The highest BCUT2D eigenvalue weighted by atomic mass is 35.5. The highest BCUT2D eigenvalue weighted by Gasteiger charge is 2.25. The predicted octanol–water partition coefficient (Wildman–Crippen LogP) is 4.82. The number of halogens is 1. The summed E-state index contributed by atoms with van der Waals surface area (Å²) in [5.74, 6) is -0.416. The van der Waals surface area contributed by atoms with Crippen molar-refractivity contribution in [1.82, 2.24) is 4.72 Å². The maximum absolute atomic E-state index is 12.8. The largest absolute Gasteiger partial charge is 0.321 e. The number of anilines is 1. The molecular formula is C21H21ClN2O3S. The molecule has 7 heteroatoms. The third-order valence-electron chi connectivity index (χ3n) is 3.96. The smallest absolute Gasteiger partial charge is 0.255 e. The van der Waals surface area contributed by atoms with Crippen LogP contribution in [-0.2, 0) is 10.0 Å². The summed E-state index contributed by atoms with van der Waals surface area (Å²) in [6, 6.07) is 17.5. The second-order valence-corrected chi connectivity index (χ2v) is 9.54. The van der Waals surface area contributed by atoms with Gasteiger partial charge in [-0.05, 0) is 50.4 Å². The molecule has 0 aliphatic rings. The molecule has 0 heterocycles. The molecule has 3 rings (SSSR count). The first kappa shape index (κ1) is 20.3. The molecule has 0 radical (unpaired) electrons. The van der Waals surface area contributed by atoms with Crippen molar-refractivity contribution in [2.45, 2.75) is 31.2 Å². The number of carbonyl (C=O) groups is 1. The van der Waals surface area contributed by atoms with Crippen LogP contribution in [0.15, 0.2) is 65.6 Å². The van der Waals surface area contributed by atoms with E-state index in [1.807, 2.05) is 36.4 Å². The highest BCUT2D eigenvalue weighted by molar-refractivity contribution is 7.89. The van der Waals surface area contributed by atoms with Crippen LogP contribution in [0.3, 0.4) is 0 Å². The summed E-state index contributed by atoms with van der Waals surface area (Å²) in [4.78, 5) is 12.6. The molecule has 0 fully saturated rings. The lowest BCUT2D eigenvalue weighted by Gasteiger charge is -2.21. The number of nitrogens with one attached hydrogen (secondary N) is 2. The van der Waals surface area contributed by atoms with Crippen molar-refractivity contribution in [1.29, 1.82) is 0 Å². The standard InChI is InChI=1S/C21H21ClN2O3S/c1-21(2,3)24-28(26,27)19-13-15(11-12-17(19)22)20(25)23-18-10-6-8-14-7-4-5-9-16(14)18/h4-13,24H,1-3H3,(H,23,25). The van der Waals surface area contributed by atoms with Gasteiger partial charge in [-0.25, -0.2) is 13.1 Å². The van der Waals surface area contributed by atoms with Crippen LogP contribution in [0.1, 0.15) is 31.1 Å². The van der Waals surface area contributed by atoms with Crippen LogP contribution in [0.5, 0.6) is 0 Å². The monoisotopic (exact) mass is 416 g/mol. The lowest BCUT2D eigenvalue weighted by Crippen LogP contribution is -2.40. The molecule has 3 aromatic carbocycles. The van der Waals surface area contributed by atoms with Crippen molar-refractivity contribution in [3.05, 3.63) is 71.2 Å². The van der Waals surface area contributed by atoms with E-state index in [1.165, 1.54) is 18.2 Å². The lowest BCUT2D eigenvalue weighted by molar-refractivity contribution is 0.102. The Labute approximate surface area is 169 Å². The van der Waals surface area contributed by atoms with Gasteiger partial charge in [0.15, 0.2) is 0 Å².